The van der Waals surface area contributed by atoms with Crippen molar-refractivity contribution < 1.29 is 18.7 Å². The Morgan fingerprint density at radius 2 is 1.90 bits per heavy atom. The van der Waals surface area contributed by atoms with Crippen LogP contribution in [0.1, 0.15) is 24.9 Å². The molecule has 1 atom stereocenters. The molecule has 5 nitrogen and oxygen atoms in total. The highest BCUT2D eigenvalue weighted by Crippen LogP contribution is 2.12. The van der Waals surface area contributed by atoms with Crippen molar-refractivity contribution in [3.8, 4) is 0 Å². The van der Waals surface area contributed by atoms with Crippen LogP contribution in [0.25, 0.3) is 0 Å². The van der Waals surface area contributed by atoms with Crippen LogP contribution < -0.4 is 10.6 Å². The highest BCUT2D eigenvalue weighted by Gasteiger charge is 2.16. The number of hydrogen-bond acceptors (Lipinski definition) is 3. The van der Waals surface area contributed by atoms with Gasteiger partial charge in [0.15, 0.2) is 0 Å². The van der Waals surface area contributed by atoms with Gasteiger partial charge in [0.2, 0.25) is 0 Å². The summed E-state index contributed by atoms with van der Waals surface area (Å²) in [6.07, 6.45) is 0.642. The van der Waals surface area contributed by atoms with Gasteiger partial charge in [0.1, 0.15) is 5.82 Å². The second-order valence-corrected chi connectivity index (χ2v) is 4.35. The van der Waals surface area contributed by atoms with Crippen molar-refractivity contribution in [1.82, 2.24) is 10.6 Å². The first kappa shape index (κ1) is 16.1. The molecule has 0 unspecified atom stereocenters. The van der Waals surface area contributed by atoms with E-state index in [9.17, 15) is 14.0 Å². The Kier molecular flexibility index (Phi) is 6.66. The lowest BCUT2D eigenvalue weighted by Gasteiger charge is -2.14. The molecule has 2 amide bonds. The molecular formula is C14H19FN2O3. The van der Waals surface area contributed by atoms with Gasteiger partial charge in [-0.05, 0) is 31.0 Å². The Labute approximate surface area is 117 Å². The van der Waals surface area contributed by atoms with Gasteiger partial charge < -0.3 is 15.4 Å². The lowest BCUT2D eigenvalue weighted by atomic mass is 10.1. The third kappa shape index (κ3) is 5.36. The lowest BCUT2D eigenvalue weighted by molar-refractivity contribution is -0.139. The summed E-state index contributed by atoms with van der Waals surface area (Å²) in [4.78, 5) is 23.1. The van der Waals surface area contributed by atoms with Crippen molar-refractivity contribution in [3.05, 3.63) is 35.6 Å². The number of carbonyl (C=O) groups excluding carboxylic acids is 2. The molecule has 1 aromatic carbocycles. The standard InChI is InChI=1S/C14H19FN2O3/c1-10(11-4-6-12(15)7-5-11)17-14(19)13(18)16-8-3-9-20-2/h4-7,10H,3,8-9H2,1-2H3,(H,16,18)(H,17,19)/t10-/m0/s1. The summed E-state index contributed by atoms with van der Waals surface area (Å²) in [5.74, 6) is -1.74. The number of methoxy groups -OCH3 is 1. The zero-order chi connectivity index (χ0) is 15.0. The summed E-state index contributed by atoms with van der Waals surface area (Å²) in [5.41, 5.74) is 0.729. The highest BCUT2D eigenvalue weighted by molar-refractivity contribution is 6.35. The molecule has 0 saturated carbocycles. The zero-order valence-corrected chi connectivity index (χ0v) is 11.6. The van der Waals surface area contributed by atoms with E-state index in [-0.39, 0.29) is 11.9 Å². The van der Waals surface area contributed by atoms with Crippen LogP contribution in [0, 0.1) is 5.82 Å². The first-order chi connectivity index (χ1) is 9.54. The molecule has 20 heavy (non-hydrogen) atoms. The predicted molar refractivity (Wildman–Crippen MR) is 72.5 cm³/mol. The van der Waals surface area contributed by atoms with Crippen molar-refractivity contribution >= 4 is 11.8 Å². The topological polar surface area (TPSA) is 67.4 Å². The largest absolute Gasteiger partial charge is 0.385 e. The maximum absolute atomic E-state index is 12.8. The maximum atomic E-state index is 12.8. The number of hydrogen-bond donors (Lipinski definition) is 2. The Bertz CT molecular complexity index is 448. The third-order valence-electron chi connectivity index (χ3n) is 2.73. The van der Waals surface area contributed by atoms with E-state index in [2.05, 4.69) is 10.6 Å². The van der Waals surface area contributed by atoms with Crippen molar-refractivity contribution in [3.63, 3.8) is 0 Å². The number of nitrogens with one attached hydrogen (secondary N) is 2. The first-order valence-electron chi connectivity index (χ1n) is 6.37. The van der Waals surface area contributed by atoms with E-state index in [0.717, 1.165) is 5.56 Å². The third-order valence-corrected chi connectivity index (χ3v) is 2.73. The number of amides is 2. The van der Waals surface area contributed by atoms with Crippen LogP contribution in [-0.2, 0) is 14.3 Å². The number of halogens is 1. The van der Waals surface area contributed by atoms with Crippen molar-refractivity contribution in [1.29, 1.82) is 0 Å². The van der Waals surface area contributed by atoms with Gasteiger partial charge in [-0.15, -0.1) is 0 Å². The number of ether oxygens (including phenoxy) is 1. The minimum Gasteiger partial charge on any atom is -0.385 e. The predicted octanol–water partition coefficient (Wildman–Crippen LogP) is 1.16. The summed E-state index contributed by atoms with van der Waals surface area (Å²) in [7, 11) is 1.57. The fourth-order valence-electron chi connectivity index (χ4n) is 1.60. The molecule has 0 radical (unpaired) electrons. The van der Waals surface area contributed by atoms with E-state index >= 15 is 0 Å². The van der Waals surface area contributed by atoms with Crippen molar-refractivity contribution in [2.75, 3.05) is 20.3 Å². The average molecular weight is 282 g/mol. The summed E-state index contributed by atoms with van der Waals surface area (Å²) < 4.78 is 17.6. The van der Waals surface area contributed by atoms with Crippen LogP contribution >= 0.6 is 0 Å². The molecule has 6 heteroatoms. The SMILES string of the molecule is COCCCNC(=O)C(=O)N[C@@H](C)c1ccc(F)cc1. The Morgan fingerprint density at radius 3 is 2.50 bits per heavy atom. The molecule has 0 aliphatic carbocycles. The second-order valence-electron chi connectivity index (χ2n) is 4.35. The fraction of sp³-hybridized carbons (Fsp3) is 0.429. The van der Waals surface area contributed by atoms with Crippen LogP contribution in [0.15, 0.2) is 24.3 Å². The first-order valence-corrected chi connectivity index (χ1v) is 6.37. The second kappa shape index (κ2) is 8.27. The van der Waals surface area contributed by atoms with E-state index in [1.165, 1.54) is 12.1 Å². The molecule has 110 valence electrons. The highest BCUT2D eigenvalue weighted by atomic mass is 19.1. The van der Waals surface area contributed by atoms with Crippen LogP contribution in [0.5, 0.6) is 0 Å². The Hall–Kier alpha value is -1.95. The number of carbonyl (C=O) groups is 2. The van der Waals surface area contributed by atoms with Crippen LogP contribution in [-0.4, -0.2) is 32.1 Å². The molecule has 0 aliphatic heterocycles. The fourth-order valence-corrected chi connectivity index (χ4v) is 1.60. The summed E-state index contributed by atoms with van der Waals surface area (Å²) >= 11 is 0. The normalized spacial score (nSPS) is 11.8. The molecule has 0 bridgehead atoms. The smallest absolute Gasteiger partial charge is 0.309 e. The monoisotopic (exact) mass is 282 g/mol. The van der Waals surface area contributed by atoms with Crippen LogP contribution in [0.4, 0.5) is 4.39 Å². The molecular weight excluding hydrogens is 263 g/mol. The van der Waals surface area contributed by atoms with Gasteiger partial charge in [-0.25, -0.2) is 4.39 Å². The van der Waals surface area contributed by atoms with Crippen molar-refractivity contribution in [2.45, 2.75) is 19.4 Å². The van der Waals surface area contributed by atoms with Gasteiger partial charge in [0.25, 0.3) is 0 Å². The molecule has 1 rings (SSSR count). The van der Waals surface area contributed by atoms with Gasteiger partial charge >= 0.3 is 11.8 Å². The van der Waals surface area contributed by atoms with Gasteiger partial charge in [-0.1, -0.05) is 12.1 Å². The summed E-state index contributed by atoms with van der Waals surface area (Å²) in [5, 5.41) is 5.04. The minimum atomic E-state index is -0.709. The molecule has 0 aromatic heterocycles. The van der Waals surface area contributed by atoms with E-state index in [0.29, 0.717) is 19.6 Å². The number of benzene rings is 1. The maximum Gasteiger partial charge on any atom is 0.309 e. The Morgan fingerprint density at radius 1 is 1.25 bits per heavy atom. The van der Waals surface area contributed by atoms with Gasteiger partial charge in [-0.3, -0.25) is 9.59 Å². The summed E-state index contributed by atoms with van der Waals surface area (Å²) in [6.45, 7) is 2.63. The molecule has 0 saturated heterocycles. The van der Waals surface area contributed by atoms with E-state index in [4.69, 9.17) is 4.74 Å². The van der Waals surface area contributed by atoms with Gasteiger partial charge in [0.05, 0.1) is 6.04 Å². The summed E-state index contributed by atoms with van der Waals surface area (Å²) in [6, 6.07) is 5.38. The van der Waals surface area contributed by atoms with Crippen LogP contribution in [0.2, 0.25) is 0 Å². The minimum absolute atomic E-state index is 0.344. The molecule has 0 heterocycles. The Balaban J connectivity index is 2.40. The lowest BCUT2D eigenvalue weighted by Crippen LogP contribution is -2.41. The number of rotatable bonds is 6. The molecule has 1 aromatic rings. The molecule has 0 fully saturated rings. The average Bonchev–Trinajstić information content (AvgIpc) is 2.44. The van der Waals surface area contributed by atoms with E-state index in [1.54, 1.807) is 26.2 Å². The van der Waals surface area contributed by atoms with Crippen LogP contribution in [0.3, 0.4) is 0 Å². The molecule has 2 N–H and O–H groups in total. The zero-order valence-electron chi connectivity index (χ0n) is 11.6. The quantitative estimate of drug-likeness (QED) is 0.607. The van der Waals surface area contributed by atoms with E-state index in [1.807, 2.05) is 0 Å². The van der Waals surface area contributed by atoms with Gasteiger partial charge in [0, 0.05) is 20.3 Å². The van der Waals surface area contributed by atoms with E-state index < -0.39 is 11.8 Å². The molecule has 0 spiro atoms. The van der Waals surface area contributed by atoms with Crippen molar-refractivity contribution in [2.24, 2.45) is 0 Å². The molecule has 0 aliphatic rings. The van der Waals surface area contributed by atoms with Gasteiger partial charge in [-0.2, -0.15) is 0 Å².